The predicted molar refractivity (Wildman–Crippen MR) is 81.6 cm³/mol. The van der Waals surface area contributed by atoms with Crippen LogP contribution >= 0.6 is 0 Å². The molecule has 1 heterocycles. The number of hydrogen-bond acceptors (Lipinski definition) is 6. The Labute approximate surface area is 126 Å². The first kappa shape index (κ1) is 15.8. The van der Waals surface area contributed by atoms with E-state index in [4.69, 9.17) is 4.42 Å². The minimum atomic E-state index is -4.06. The molecule has 1 aromatic heterocycles. The summed E-state index contributed by atoms with van der Waals surface area (Å²) in [7, 11) is -4.06. The largest absolute Gasteiger partial charge is 0.508 e. The van der Waals surface area contributed by atoms with Gasteiger partial charge in [-0.25, -0.2) is 13.2 Å². The highest BCUT2D eigenvalue weighted by Gasteiger charge is 2.24. The maximum Gasteiger partial charge on any atom is 0.355 e. The fourth-order valence-electron chi connectivity index (χ4n) is 2.00. The molecule has 0 aliphatic rings. The molecular weight excluding hydrogens is 308 g/mol. The number of fused-ring (bicyclic) bond motifs is 1. The molecule has 0 aliphatic heterocycles. The Bertz CT molecular complexity index is 948. The number of aromatic hydroxyl groups is 2. The van der Waals surface area contributed by atoms with Gasteiger partial charge in [0.25, 0.3) is 0 Å². The average molecular weight is 322 g/mol. The van der Waals surface area contributed by atoms with Crippen LogP contribution in [0.4, 0.5) is 0 Å². The Morgan fingerprint density at radius 2 is 1.86 bits per heavy atom. The molecule has 22 heavy (non-hydrogen) atoms. The summed E-state index contributed by atoms with van der Waals surface area (Å²) in [5, 5.41) is 19.2. The van der Waals surface area contributed by atoms with Gasteiger partial charge < -0.3 is 14.6 Å². The van der Waals surface area contributed by atoms with E-state index in [0.29, 0.717) is 0 Å². The molecule has 0 spiro atoms. The van der Waals surface area contributed by atoms with Gasteiger partial charge in [0.1, 0.15) is 5.75 Å². The summed E-state index contributed by atoms with van der Waals surface area (Å²) < 4.78 is 29.9. The monoisotopic (exact) mass is 322 g/mol. The van der Waals surface area contributed by atoms with Gasteiger partial charge in [0, 0.05) is 11.5 Å². The second-order valence-corrected chi connectivity index (χ2v) is 6.39. The van der Waals surface area contributed by atoms with E-state index in [1.165, 1.54) is 31.2 Å². The molecule has 0 atom stereocenters. The van der Waals surface area contributed by atoms with E-state index in [-0.39, 0.29) is 21.6 Å². The first-order chi connectivity index (χ1) is 10.3. The molecule has 0 radical (unpaired) electrons. The fraction of sp³-hybridized carbons (Fsp3) is 0.133. The van der Waals surface area contributed by atoms with Crippen LogP contribution in [0, 0.1) is 0 Å². The number of sulfone groups is 1. The van der Waals surface area contributed by atoms with Crippen LogP contribution in [-0.4, -0.2) is 18.6 Å². The van der Waals surface area contributed by atoms with Crippen LogP contribution in [0.25, 0.3) is 11.0 Å². The van der Waals surface area contributed by atoms with E-state index in [0.717, 1.165) is 12.1 Å². The van der Waals surface area contributed by atoms with Crippen LogP contribution in [0.2, 0.25) is 0 Å². The average Bonchev–Trinajstić information content (AvgIpc) is 2.44. The highest BCUT2D eigenvalue weighted by molar-refractivity contribution is 7.95. The van der Waals surface area contributed by atoms with Crippen molar-refractivity contribution >= 4 is 20.8 Å². The zero-order valence-corrected chi connectivity index (χ0v) is 12.7. The number of phenols is 2. The maximum absolute atomic E-state index is 12.5. The maximum atomic E-state index is 12.5. The Hall–Kier alpha value is -2.54. The molecule has 0 unspecified atom stereocenters. The first-order valence-corrected chi connectivity index (χ1v) is 7.83. The second-order valence-electron chi connectivity index (χ2n) is 4.48. The Kier molecular flexibility index (Phi) is 4.09. The summed E-state index contributed by atoms with van der Waals surface area (Å²) in [6.07, 6.45) is 4.25. The van der Waals surface area contributed by atoms with Crippen LogP contribution in [0.1, 0.15) is 13.8 Å². The molecule has 0 amide bonds. The van der Waals surface area contributed by atoms with Crippen LogP contribution in [0.3, 0.4) is 0 Å². The van der Waals surface area contributed by atoms with Gasteiger partial charge in [-0.05, 0) is 32.1 Å². The molecule has 0 bridgehead atoms. The number of benzene rings is 1. The topological polar surface area (TPSA) is 105 Å². The summed E-state index contributed by atoms with van der Waals surface area (Å²) >= 11 is 0. The van der Waals surface area contributed by atoms with E-state index in [1.807, 2.05) is 0 Å². The van der Waals surface area contributed by atoms with Crippen LogP contribution in [0.15, 0.2) is 55.4 Å². The van der Waals surface area contributed by atoms with Crippen LogP contribution in [0.5, 0.6) is 11.5 Å². The summed E-state index contributed by atoms with van der Waals surface area (Å²) in [6.45, 7) is 3.19. The standard InChI is InChI=1S/C15H14O6S/c1-3-5-11(4-2)22(19,20)13-7-9-6-10(16)8-12(17)14(9)21-15(13)18/h3-8,16-17H,1-2H3/b5-3-,11-4+. The van der Waals surface area contributed by atoms with Crippen molar-refractivity contribution in [3.05, 3.63) is 51.8 Å². The van der Waals surface area contributed by atoms with E-state index in [1.54, 1.807) is 6.92 Å². The molecule has 2 N–H and O–H groups in total. The molecule has 0 saturated heterocycles. The summed E-state index contributed by atoms with van der Waals surface area (Å²) in [6, 6.07) is 3.27. The van der Waals surface area contributed by atoms with Gasteiger partial charge in [-0.3, -0.25) is 0 Å². The molecule has 7 heteroatoms. The minimum Gasteiger partial charge on any atom is -0.508 e. The first-order valence-electron chi connectivity index (χ1n) is 6.35. The number of hydrogen-bond donors (Lipinski definition) is 2. The lowest BCUT2D eigenvalue weighted by atomic mass is 10.2. The highest BCUT2D eigenvalue weighted by Crippen LogP contribution is 2.30. The molecule has 6 nitrogen and oxygen atoms in total. The molecule has 1 aromatic carbocycles. The van der Waals surface area contributed by atoms with Gasteiger partial charge in [0.15, 0.2) is 16.2 Å². The zero-order chi connectivity index (χ0) is 16.5. The quantitative estimate of drug-likeness (QED) is 0.664. The molecule has 116 valence electrons. The van der Waals surface area contributed by atoms with E-state index >= 15 is 0 Å². The van der Waals surface area contributed by atoms with Gasteiger partial charge in [0.05, 0.1) is 4.91 Å². The predicted octanol–water partition coefficient (Wildman–Crippen LogP) is 2.46. The molecule has 2 rings (SSSR count). The Morgan fingerprint density at radius 3 is 2.45 bits per heavy atom. The number of rotatable bonds is 3. The van der Waals surface area contributed by atoms with Crippen molar-refractivity contribution in [1.29, 1.82) is 0 Å². The molecule has 2 aromatic rings. The molecule has 0 fully saturated rings. The van der Waals surface area contributed by atoms with Crippen molar-refractivity contribution in [2.45, 2.75) is 18.7 Å². The summed E-state index contributed by atoms with van der Waals surface area (Å²) in [5.74, 6) is -0.724. The lowest BCUT2D eigenvalue weighted by Gasteiger charge is -2.06. The minimum absolute atomic E-state index is 0.0500. The smallest absolute Gasteiger partial charge is 0.355 e. The molecular formula is C15H14O6S. The third kappa shape index (κ3) is 2.62. The third-order valence-corrected chi connectivity index (χ3v) is 4.84. The van der Waals surface area contributed by atoms with Crippen molar-refractivity contribution in [1.82, 2.24) is 0 Å². The zero-order valence-electron chi connectivity index (χ0n) is 11.9. The third-order valence-electron chi connectivity index (χ3n) is 2.98. The Balaban J connectivity index is 2.82. The summed E-state index contributed by atoms with van der Waals surface area (Å²) in [5.41, 5.74) is -1.27. The summed E-state index contributed by atoms with van der Waals surface area (Å²) in [4.78, 5) is 11.4. The fourth-order valence-corrected chi connectivity index (χ4v) is 3.42. The van der Waals surface area contributed by atoms with Crippen LogP contribution in [-0.2, 0) is 9.84 Å². The van der Waals surface area contributed by atoms with Gasteiger partial charge in [-0.15, -0.1) is 0 Å². The molecule has 0 saturated carbocycles. The lowest BCUT2D eigenvalue weighted by Crippen LogP contribution is -2.15. The lowest BCUT2D eigenvalue weighted by molar-refractivity contribution is 0.438. The van der Waals surface area contributed by atoms with Crippen molar-refractivity contribution in [2.24, 2.45) is 0 Å². The van der Waals surface area contributed by atoms with Gasteiger partial charge in [-0.2, -0.15) is 0 Å². The highest BCUT2D eigenvalue weighted by atomic mass is 32.2. The van der Waals surface area contributed by atoms with Gasteiger partial charge >= 0.3 is 5.63 Å². The number of phenolic OH excluding ortho intramolecular Hbond substituents is 2. The van der Waals surface area contributed by atoms with Gasteiger partial charge in [-0.1, -0.05) is 12.2 Å². The van der Waals surface area contributed by atoms with Crippen LogP contribution < -0.4 is 5.63 Å². The normalized spacial score (nSPS) is 13.1. The van der Waals surface area contributed by atoms with E-state index in [9.17, 15) is 23.4 Å². The van der Waals surface area contributed by atoms with E-state index in [2.05, 4.69) is 0 Å². The van der Waals surface area contributed by atoms with Crippen molar-refractivity contribution in [2.75, 3.05) is 0 Å². The van der Waals surface area contributed by atoms with Crippen molar-refractivity contribution in [3.8, 4) is 11.5 Å². The van der Waals surface area contributed by atoms with E-state index < -0.39 is 26.1 Å². The SMILES string of the molecule is C/C=C\C(=C/C)S(=O)(=O)c1cc2cc(O)cc(O)c2oc1=O. The van der Waals surface area contributed by atoms with Gasteiger partial charge in [0.2, 0.25) is 9.84 Å². The van der Waals surface area contributed by atoms with Crippen molar-refractivity contribution in [3.63, 3.8) is 0 Å². The number of allylic oxidation sites excluding steroid dienone is 3. The van der Waals surface area contributed by atoms with Crippen molar-refractivity contribution < 1.29 is 23.0 Å². The Morgan fingerprint density at radius 1 is 1.18 bits per heavy atom. The second kappa shape index (κ2) is 5.69. The molecule has 0 aliphatic carbocycles.